The summed E-state index contributed by atoms with van der Waals surface area (Å²) in [6.07, 6.45) is 4.80. The molecule has 4 nitrogen and oxygen atoms in total. The van der Waals surface area contributed by atoms with Crippen LogP contribution in [0.4, 0.5) is 0 Å². The van der Waals surface area contributed by atoms with Crippen molar-refractivity contribution in [2.24, 2.45) is 0 Å². The summed E-state index contributed by atoms with van der Waals surface area (Å²) in [5.41, 5.74) is 0.894. The summed E-state index contributed by atoms with van der Waals surface area (Å²) in [4.78, 5) is 15.6. The largest absolute Gasteiger partial charge is 0.350 e. The molecular weight excluding hydrogens is 202 g/mol. The van der Waals surface area contributed by atoms with E-state index in [9.17, 15) is 4.79 Å². The number of nitrogens with one attached hydrogen (secondary N) is 2. The Morgan fingerprint density at radius 2 is 2.31 bits per heavy atom. The van der Waals surface area contributed by atoms with Gasteiger partial charge in [0.2, 0.25) is 5.91 Å². The van der Waals surface area contributed by atoms with E-state index >= 15 is 0 Å². The number of hydrogen-bond acceptors (Lipinski definition) is 3. The van der Waals surface area contributed by atoms with Gasteiger partial charge >= 0.3 is 0 Å². The smallest absolute Gasteiger partial charge is 0.221 e. The van der Waals surface area contributed by atoms with E-state index < -0.39 is 0 Å². The molecule has 1 aliphatic rings. The molecule has 1 amide bonds. The Hall–Kier alpha value is -1.42. The maximum Gasteiger partial charge on any atom is 0.221 e. The molecular formula is C12H17N3O. The van der Waals surface area contributed by atoms with Crippen LogP contribution in [0.15, 0.2) is 24.4 Å². The van der Waals surface area contributed by atoms with Crippen LogP contribution in [-0.2, 0) is 11.3 Å². The molecule has 0 spiro atoms. The van der Waals surface area contributed by atoms with E-state index in [1.54, 1.807) is 6.20 Å². The third-order valence-corrected chi connectivity index (χ3v) is 2.56. The van der Waals surface area contributed by atoms with E-state index in [-0.39, 0.29) is 5.91 Å². The standard InChI is InChI=1S/C12H17N3O/c16-12(6-8-14-10-4-5-10)15-9-11-3-1-2-7-13-11/h1-3,7,10,14H,4-6,8-9H2,(H,15,16). The molecule has 1 aromatic heterocycles. The molecule has 1 saturated carbocycles. The molecule has 1 aliphatic carbocycles. The van der Waals surface area contributed by atoms with Gasteiger partial charge in [0.1, 0.15) is 0 Å². The molecule has 16 heavy (non-hydrogen) atoms. The van der Waals surface area contributed by atoms with Crippen LogP contribution in [-0.4, -0.2) is 23.5 Å². The highest BCUT2D eigenvalue weighted by Gasteiger charge is 2.19. The molecule has 1 aromatic rings. The Labute approximate surface area is 95.5 Å². The lowest BCUT2D eigenvalue weighted by Gasteiger charge is -2.05. The van der Waals surface area contributed by atoms with Crippen molar-refractivity contribution in [2.75, 3.05) is 6.54 Å². The fourth-order valence-corrected chi connectivity index (χ4v) is 1.46. The molecule has 0 atom stereocenters. The number of carbonyl (C=O) groups is 1. The third-order valence-electron chi connectivity index (χ3n) is 2.56. The first-order valence-electron chi connectivity index (χ1n) is 5.74. The second-order valence-electron chi connectivity index (χ2n) is 4.08. The maximum absolute atomic E-state index is 11.4. The van der Waals surface area contributed by atoms with Crippen molar-refractivity contribution in [3.05, 3.63) is 30.1 Å². The summed E-state index contributed by atoms with van der Waals surface area (Å²) in [5.74, 6) is 0.0822. The number of amides is 1. The molecule has 4 heteroatoms. The van der Waals surface area contributed by atoms with Crippen molar-refractivity contribution in [1.29, 1.82) is 0 Å². The van der Waals surface area contributed by atoms with E-state index in [1.807, 2.05) is 18.2 Å². The number of hydrogen-bond donors (Lipinski definition) is 2. The van der Waals surface area contributed by atoms with E-state index in [4.69, 9.17) is 0 Å². The first-order chi connectivity index (χ1) is 7.84. The zero-order valence-electron chi connectivity index (χ0n) is 9.28. The second kappa shape index (κ2) is 5.61. The zero-order chi connectivity index (χ0) is 11.2. The molecule has 0 aliphatic heterocycles. The summed E-state index contributed by atoms with van der Waals surface area (Å²) in [5, 5.41) is 6.16. The van der Waals surface area contributed by atoms with E-state index in [1.165, 1.54) is 12.8 Å². The van der Waals surface area contributed by atoms with Gasteiger partial charge in [-0.3, -0.25) is 9.78 Å². The van der Waals surface area contributed by atoms with E-state index in [0.717, 1.165) is 12.2 Å². The fraction of sp³-hybridized carbons (Fsp3) is 0.500. The Kier molecular flexibility index (Phi) is 3.88. The van der Waals surface area contributed by atoms with Crippen molar-refractivity contribution < 1.29 is 4.79 Å². The lowest BCUT2D eigenvalue weighted by molar-refractivity contribution is -0.121. The lowest BCUT2D eigenvalue weighted by Crippen LogP contribution is -2.28. The van der Waals surface area contributed by atoms with Gasteiger partial charge in [0.05, 0.1) is 12.2 Å². The van der Waals surface area contributed by atoms with Gasteiger partial charge in [0.15, 0.2) is 0 Å². The van der Waals surface area contributed by atoms with Crippen molar-refractivity contribution in [2.45, 2.75) is 31.8 Å². The van der Waals surface area contributed by atoms with Crippen molar-refractivity contribution >= 4 is 5.91 Å². The summed E-state index contributed by atoms with van der Waals surface area (Å²) in [6, 6.07) is 6.36. The Bertz CT molecular complexity index is 335. The molecule has 0 aromatic carbocycles. The predicted molar refractivity (Wildman–Crippen MR) is 61.7 cm³/mol. The zero-order valence-corrected chi connectivity index (χ0v) is 9.28. The van der Waals surface area contributed by atoms with Crippen LogP contribution in [0.3, 0.4) is 0 Å². The van der Waals surface area contributed by atoms with Crippen molar-refractivity contribution in [3.8, 4) is 0 Å². The number of pyridine rings is 1. The van der Waals surface area contributed by atoms with Crippen LogP contribution in [0.2, 0.25) is 0 Å². The highest BCUT2D eigenvalue weighted by Crippen LogP contribution is 2.18. The number of rotatable bonds is 6. The number of aromatic nitrogens is 1. The van der Waals surface area contributed by atoms with Crippen LogP contribution in [0, 0.1) is 0 Å². The summed E-state index contributed by atoms with van der Waals surface area (Å²) >= 11 is 0. The summed E-state index contributed by atoms with van der Waals surface area (Å²) in [6.45, 7) is 1.29. The van der Waals surface area contributed by atoms with Crippen LogP contribution < -0.4 is 10.6 Å². The van der Waals surface area contributed by atoms with Crippen molar-refractivity contribution in [3.63, 3.8) is 0 Å². The first kappa shape index (κ1) is 11.1. The Morgan fingerprint density at radius 3 is 3.00 bits per heavy atom. The highest BCUT2D eigenvalue weighted by atomic mass is 16.1. The SMILES string of the molecule is O=C(CCNC1CC1)NCc1ccccn1. The van der Waals surface area contributed by atoms with Gasteiger partial charge in [-0.2, -0.15) is 0 Å². The number of carbonyl (C=O) groups excluding carboxylic acids is 1. The topological polar surface area (TPSA) is 54.0 Å². The summed E-state index contributed by atoms with van der Waals surface area (Å²) in [7, 11) is 0. The average Bonchev–Trinajstić information content (AvgIpc) is 3.12. The minimum absolute atomic E-state index is 0.0822. The van der Waals surface area contributed by atoms with Gasteiger partial charge < -0.3 is 10.6 Å². The minimum atomic E-state index is 0.0822. The molecule has 1 heterocycles. The fourth-order valence-electron chi connectivity index (χ4n) is 1.46. The Balaban J connectivity index is 1.59. The van der Waals surface area contributed by atoms with Gasteiger partial charge in [0, 0.05) is 25.2 Å². The first-order valence-corrected chi connectivity index (χ1v) is 5.74. The molecule has 0 saturated heterocycles. The molecule has 2 rings (SSSR count). The van der Waals surface area contributed by atoms with Crippen LogP contribution in [0.25, 0.3) is 0 Å². The lowest BCUT2D eigenvalue weighted by atomic mass is 10.3. The van der Waals surface area contributed by atoms with Crippen LogP contribution in [0.1, 0.15) is 25.0 Å². The molecule has 0 radical (unpaired) electrons. The Morgan fingerprint density at radius 1 is 1.44 bits per heavy atom. The molecule has 0 bridgehead atoms. The van der Waals surface area contributed by atoms with Crippen LogP contribution >= 0.6 is 0 Å². The molecule has 2 N–H and O–H groups in total. The number of nitrogens with zero attached hydrogens (tertiary/aromatic N) is 1. The quantitative estimate of drug-likeness (QED) is 0.745. The van der Waals surface area contributed by atoms with E-state index in [0.29, 0.717) is 19.0 Å². The van der Waals surface area contributed by atoms with Gasteiger partial charge in [-0.25, -0.2) is 0 Å². The van der Waals surface area contributed by atoms with Gasteiger partial charge in [-0.05, 0) is 25.0 Å². The van der Waals surface area contributed by atoms with Gasteiger partial charge in [-0.1, -0.05) is 6.07 Å². The minimum Gasteiger partial charge on any atom is -0.350 e. The van der Waals surface area contributed by atoms with Crippen molar-refractivity contribution in [1.82, 2.24) is 15.6 Å². The highest BCUT2D eigenvalue weighted by molar-refractivity contribution is 5.75. The molecule has 1 fully saturated rings. The second-order valence-corrected chi connectivity index (χ2v) is 4.08. The van der Waals surface area contributed by atoms with Crippen LogP contribution in [0.5, 0.6) is 0 Å². The average molecular weight is 219 g/mol. The molecule has 86 valence electrons. The summed E-state index contributed by atoms with van der Waals surface area (Å²) < 4.78 is 0. The predicted octanol–water partition coefficient (Wildman–Crippen LogP) is 0.840. The van der Waals surface area contributed by atoms with E-state index in [2.05, 4.69) is 15.6 Å². The monoisotopic (exact) mass is 219 g/mol. The van der Waals surface area contributed by atoms with Gasteiger partial charge in [0.25, 0.3) is 0 Å². The third kappa shape index (κ3) is 3.98. The van der Waals surface area contributed by atoms with Gasteiger partial charge in [-0.15, -0.1) is 0 Å². The maximum atomic E-state index is 11.4. The molecule has 0 unspecified atom stereocenters. The normalized spacial score (nSPS) is 14.8.